The molecule has 1 aromatic heterocycles. The standard InChI is InChI=1S/C12H18N4O2S/c13-11-8-16(14-18-11)15-5-6-19-10(7-15)12(17)9-3-1-2-4-9/h8-10,13H,1-7H2. The van der Waals surface area contributed by atoms with Gasteiger partial charge in [0, 0.05) is 19.0 Å². The number of nitrogens with zero attached hydrogens (tertiary/aromatic N) is 3. The highest BCUT2D eigenvalue weighted by atomic mass is 32.2. The predicted octanol–water partition coefficient (Wildman–Crippen LogP) is -0.184. The Labute approximate surface area is 115 Å². The molecule has 104 valence electrons. The zero-order valence-corrected chi connectivity index (χ0v) is 11.6. The van der Waals surface area contributed by atoms with E-state index in [9.17, 15) is 4.79 Å². The number of ketones is 1. The molecule has 0 spiro atoms. The van der Waals surface area contributed by atoms with Gasteiger partial charge in [-0.1, -0.05) is 17.6 Å². The molecule has 2 aliphatic rings. The predicted molar refractivity (Wildman–Crippen MR) is 69.2 cm³/mol. The van der Waals surface area contributed by atoms with Crippen LogP contribution in [0.4, 0.5) is 0 Å². The summed E-state index contributed by atoms with van der Waals surface area (Å²) in [6.07, 6.45) is 6.04. The van der Waals surface area contributed by atoms with E-state index >= 15 is 0 Å². The Balaban J connectivity index is 1.67. The number of hydrogen-bond donors (Lipinski definition) is 1. The van der Waals surface area contributed by atoms with Crippen LogP contribution in [0.15, 0.2) is 10.7 Å². The molecule has 1 N–H and O–H groups in total. The topological polar surface area (TPSA) is 75.3 Å². The minimum absolute atomic E-state index is 0.0373. The van der Waals surface area contributed by atoms with Crippen LogP contribution in [0.2, 0.25) is 0 Å². The van der Waals surface area contributed by atoms with Crippen LogP contribution < -0.4 is 20.6 Å². The molecule has 2 fully saturated rings. The molecule has 1 aliphatic heterocycles. The molecular formula is C12H18N4O2S. The van der Waals surface area contributed by atoms with Crippen molar-refractivity contribution in [2.45, 2.75) is 30.9 Å². The molecule has 2 heterocycles. The van der Waals surface area contributed by atoms with E-state index in [1.165, 1.54) is 19.0 Å². The zero-order valence-electron chi connectivity index (χ0n) is 10.7. The Hall–Kier alpha value is -1.24. The Morgan fingerprint density at radius 2 is 2.32 bits per heavy atom. The Kier molecular flexibility index (Phi) is 3.63. The summed E-state index contributed by atoms with van der Waals surface area (Å²) in [7, 11) is 0. The normalized spacial score (nSPS) is 24.8. The summed E-state index contributed by atoms with van der Waals surface area (Å²) < 4.78 is 4.76. The number of aromatic nitrogens is 2. The first-order valence-corrected chi connectivity index (χ1v) is 7.80. The van der Waals surface area contributed by atoms with E-state index in [0.717, 1.165) is 25.1 Å². The number of nitrogens with one attached hydrogen (secondary N) is 1. The van der Waals surface area contributed by atoms with Crippen LogP contribution in [-0.2, 0) is 4.79 Å². The van der Waals surface area contributed by atoms with Crippen LogP contribution in [0, 0.1) is 11.3 Å². The maximum atomic E-state index is 12.4. The Morgan fingerprint density at radius 1 is 1.53 bits per heavy atom. The van der Waals surface area contributed by atoms with E-state index in [0.29, 0.717) is 12.3 Å². The minimum atomic E-state index is 0.0373. The average Bonchev–Trinajstić information content (AvgIpc) is 3.09. The number of hydrogen-bond acceptors (Lipinski definition) is 5. The second-order valence-corrected chi connectivity index (χ2v) is 6.45. The highest BCUT2D eigenvalue weighted by molar-refractivity contribution is 8.00. The van der Waals surface area contributed by atoms with Crippen molar-refractivity contribution in [3.8, 4) is 0 Å². The van der Waals surface area contributed by atoms with Crippen LogP contribution in [0.3, 0.4) is 0 Å². The molecule has 1 saturated carbocycles. The quantitative estimate of drug-likeness (QED) is 0.778. The fourth-order valence-electron chi connectivity index (χ4n) is 2.84. The summed E-state index contributed by atoms with van der Waals surface area (Å²) in [4.78, 5) is 14.0. The number of thioether (sulfide) groups is 1. The van der Waals surface area contributed by atoms with Gasteiger partial charge in [0.1, 0.15) is 5.78 Å². The molecular weight excluding hydrogens is 264 g/mol. The third kappa shape index (κ3) is 2.70. The Morgan fingerprint density at radius 3 is 3.00 bits per heavy atom. The van der Waals surface area contributed by atoms with E-state index in [-0.39, 0.29) is 16.7 Å². The van der Waals surface area contributed by atoms with E-state index in [4.69, 9.17) is 9.93 Å². The third-order valence-corrected chi connectivity index (χ3v) is 5.07. The fourth-order valence-corrected chi connectivity index (χ4v) is 4.07. The second-order valence-electron chi connectivity index (χ2n) is 5.14. The summed E-state index contributed by atoms with van der Waals surface area (Å²) in [5.74, 6) is 1.59. The van der Waals surface area contributed by atoms with Gasteiger partial charge in [-0.3, -0.25) is 15.2 Å². The Bertz CT molecular complexity index is 506. The van der Waals surface area contributed by atoms with Crippen molar-refractivity contribution in [3.63, 3.8) is 0 Å². The molecule has 1 aromatic rings. The van der Waals surface area contributed by atoms with Crippen molar-refractivity contribution in [1.82, 2.24) is 5.27 Å². The van der Waals surface area contributed by atoms with Crippen LogP contribution >= 0.6 is 11.8 Å². The summed E-state index contributed by atoms with van der Waals surface area (Å²) in [5.41, 5.74) is 0.0388. The largest absolute Gasteiger partial charge is 0.380 e. The molecule has 3 rings (SSSR count). The molecule has 1 aliphatic carbocycles. The molecule has 1 atom stereocenters. The van der Waals surface area contributed by atoms with E-state index in [1.807, 2.05) is 5.01 Å². The van der Waals surface area contributed by atoms with Crippen molar-refractivity contribution in [2.75, 3.05) is 23.9 Å². The SMILES string of the molecule is N=c1c[n+](N2CCSC(C(=O)C3CCCC3)C2)[n-]o1. The maximum absolute atomic E-state index is 12.4. The van der Waals surface area contributed by atoms with Gasteiger partial charge < -0.3 is 4.52 Å². The van der Waals surface area contributed by atoms with Gasteiger partial charge in [0.2, 0.25) is 0 Å². The summed E-state index contributed by atoms with van der Waals surface area (Å²) in [6, 6.07) is 0. The molecule has 1 unspecified atom stereocenters. The van der Waals surface area contributed by atoms with Crippen LogP contribution in [0.5, 0.6) is 0 Å². The van der Waals surface area contributed by atoms with Gasteiger partial charge in [-0.25, -0.2) is 0 Å². The van der Waals surface area contributed by atoms with Gasteiger partial charge in [0.05, 0.1) is 5.25 Å². The lowest BCUT2D eigenvalue weighted by Crippen LogP contribution is -2.65. The van der Waals surface area contributed by atoms with Crippen LogP contribution in [-0.4, -0.2) is 29.9 Å². The number of carbonyl (C=O) groups excluding carboxylic acids is 1. The van der Waals surface area contributed by atoms with E-state index in [1.54, 1.807) is 16.6 Å². The molecule has 6 nitrogen and oxygen atoms in total. The molecule has 0 aromatic carbocycles. The van der Waals surface area contributed by atoms with Gasteiger partial charge in [0.25, 0.3) is 11.8 Å². The highest BCUT2D eigenvalue weighted by Crippen LogP contribution is 2.30. The van der Waals surface area contributed by atoms with Gasteiger partial charge in [-0.2, -0.15) is 11.8 Å². The molecule has 0 amide bonds. The third-order valence-electron chi connectivity index (χ3n) is 3.87. The lowest BCUT2D eigenvalue weighted by Gasteiger charge is -2.33. The molecule has 19 heavy (non-hydrogen) atoms. The molecule has 1 saturated heterocycles. The maximum Gasteiger partial charge on any atom is 0.286 e. The highest BCUT2D eigenvalue weighted by Gasteiger charge is 2.32. The zero-order chi connectivity index (χ0) is 13.2. The molecule has 0 bridgehead atoms. The van der Waals surface area contributed by atoms with Crippen molar-refractivity contribution >= 4 is 17.5 Å². The van der Waals surface area contributed by atoms with Crippen molar-refractivity contribution < 1.29 is 14.1 Å². The van der Waals surface area contributed by atoms with Crippen molar-refractivity contribution in [2.24, 2.45) is 5.92 Å². The van der Waals surface area contributed by atoms with Gasteiger partial charge in [-0.15, -0.1) is 0 Å². The van der Waals surface area contributed by atoms with Gasteiger partial charge in [0.15, 0.2) is 0 Å². The first-order valence-electron chi connectivity index (χ1n) is 6.75. The lowest BCUT2D eigenvalue weighted by molar-refractivity contribution is -0.763. The monoisotopic (exact) mass is 282 g/mol. The van der Waals surface area contributed by atoms with E-state index in [2.05, 4.69) is 5.27 Å². The number of Topliss-reactive ketones (excluding diaryl/α,β-unsaturated/α-hetero) is 1. The molecule has 7 heteroatoms. The van der Waals surface area contributed by atoms with Gasteiger partial charge >= 0.3 is 0 Å². The summed E-state index contributed by atoms with van der Waals surface area (Å²) >= 11 is 1.75. The van der Waals surface area contributed by atoms with Crippen LogP contribution in [0.25, 0.3) is 0 Å². The first kappa shape index (κ1) is 12.8. The van der Waals surface area contributed by atoms with E-state index < -0.39 is 0 Å². The smallest absolute Gasteiger partial charge is 0.286 e. The number of carbonyl (C=O) groups is 1. The van der Waals surface area contributed by atoms with Crippen molar-refractivity contribution in [3.05, 3.63) is 11.8 Å². The summed E-state index contributed by atoms with van der Waals surface area (Å²) in [5, 5.41) is 13.2. The average molecular weight is 282 g/mol. The fraction of sp³-hybridized carbons (Fsp3) is 0.750. The minimum Gasteiger partial charge on any atom is -0.380 e. The van der Waals surface area contributed by atoms with Crippen molar-refractivity contribution in [1.29, 1.82) is 5.41 Å². The van der Waals surface area contributed by atoms with Crippen LogP contribution in [0.1, 0.15) is 25.7 Å². The second kappa shape index (κ2) is 5.40. The lowest BCUT2D eigenvalue weighted by atomic mass is 10.00. The van der Waals surface area contributed by atoms with Gasteiger partial charge in [-0.05, 0) is 23.9 Å². The molecule has 0 radical (unpaired) electrons. The first-order chi connectivity index (χ1) is 9.24. The summed E-state index contributed by atoms with van der Waals surface area (Å²) in [6.45, 7) is 1.49. The number of rotatable bonds is 3.